The fourth-order valence-corrected chi connectivity index (χ4v) is 3.20. The van der Waals surface area contributed by atoms with Gasteiger partial charge in [-0.1, -0.05) is 32.9 Å². The largest absolute Gasteiger partial charge is 0.368 e. The van der Waals surface area contributed by atoms with Crippen molar-refractivity contribution < 1.29 is 0 Å². The van der Waals surface area contributed by atoms with Gasteiger partial charge in [0.05, 0.1) is 0 Å². The third-order valence-corrected chi connectivity index (χ3v) is 4.69. The number of anilines is 1. The van der Waals surface area contributed by atoms with Crippen LogP contribution in [0.4, 0.5) is 5.69 Å². The first-order valence-corrected chi connectivity index (χ1v) is 7.65. The summed E-state index contributed by atoms with van der Waals surface area (Å²) in [4.78, 5) is 2.56. The van der Waals surface area contributed by atoms with Crippen LogP contribution in [0.3, 0.4) is 0 Å². The molecule has 0 aromatic heterocycles. The summed E-state index contributed by atoms with van der Waals surface area (Å²) in [5, 5.41) is 0. The Labute approximate surface area is 118 Å². The number of piperidine rings is 1. The van der Waals surface area contributed by atoms with Crippen molar-refractivity contribution >= 4 is 5.69 Å². The minimum absolute atomic E-state index is 0.172. The lowest BCUT2D eigenvalue weighted by atomic mass is 9.85. The van der Waals surface area contributed by atoms with E-state index in [9.17, 15) is 0 Å². The lowest BCUT2D eigenvalue weighted by Gasteiger charge is -2.42. The SMILES string of the molecule is CC[C@@H](N)c1ccc(N2CC(C)CC(C)C2C)cc1. The number of nitrogens with zero attached hydrogens (tertiary/aromatic N) is 1. The minimum Gasteiger partial charge on any atom is -0.368 e. The molecule has 1 heterocycles. The molecule has 1 aliphatic heterocycles. The van der Waals surface area contributed by atoms with E-state index < -0.39 is 0 Å². The molecular formula is C17H28N2. The van der Waals surface area contributed by atoms with Gasteiger partial charge >= 0.3 is 0 Å². The second-order valence-electron chi connectivity index (χ2n) is 6.32. The fourth-order valence-electron chi connectivity index (χ4n) is 3.20. The van der Waals surface area contributed by atoms with Crippen LogP contribution >= 0.6 is 0 Å². The van der Waals surface area contributed by atoms with Crippen LogP contribution in [0.2, 0.25) is 0 Å². The Morgan fingerprint density at radius 1 is 1.21 bits per heavy atom. The summed E-state index contributed by atoms with van der Waals surface area (Å²) in [5.74, 6) is 1.55. The van der Waals surface area contributed by atoms with Crippen LogP contribution in [-0.4, -0.2) is 12.6 Å². The summed E-state index contributed by atoms with van der Waals surface area (Å²) in [6, 6.07) is 9.67. The number of hydrogen-bond acceptors (Lipinski definition) is 2. The molecule has 19 heavy (non-hydrogen) atoms. The normalized spacial score (nSPS) is 29.3. The van der Waals surface area contributed by atoms with E-state index in [0.717, 1.165) is 18.3 Å². The molecule has 0 radical (unpaired) electrons. The third kappa shape index (κ3) is 3.11. The van der Waals surface area contributed by atoms with E-state index in [-0.39, 0.29) is 6.04 Å². The number of nitrogens with two attached hydrogens (primary N) is 1. The highest BCUT2D eigenvalue weighted by Gasteiger charge is 2.28. The number of hydrogen-bond donors (Lipinski definition) is 1. The van der Waals surface area contributed by atoms with Crippen molar-refractivity contribution in [2.24, 2.45) is 17.6 Å². The lowest BCUT2D eigenvalue weighted by molar-refractivity contribution is 0.297. The first kappa shape index (κ1) is 14.4. The molecule has 0 bridgehead atoms. The van der Waals surface area contributed by atoms with Crippen molar-refractivity contribution in [1.29, 1.82) is 0 Å². The zero-order valence-electron chi connectivity index (χ0n) is 12.8. The van der Waals surface area contributed by atoms with E-state index in [4.69, 9.17) is 5.73 Å². The van der Waals surface area contributed by atoms with E-state index in [1.807, 2.05) is 0 Å². The predicted octanol–water partition coefficient (Wildman–Crippen LogP) is 3.97. The van der Waals surface area contributed by atoms with E-state index in [2.05, 4.69) is 56.9 Å². The van der Waals surface area contributed by atoms with Crippen molar-refractivity contribution in [3.05, 3.63) is 29.8 Å². The molecule has 0 amide bonds. The number of rotatable bonds is 3. The zero-order valence-corrected chi connectivity index (χ0v) is 12.8. The maximum atomic E-state index is 6.08. The zero-order chi connectivity index (χ0) is 14.0. The Kier molecular flexibility index (Phi) is 4.51. The molecule has 1 fully saturated rings. The van der Waals surface area contributed by atoms with Crippen LogP contribution in [0, 0.1) is 11.8 Å². The molecule has 2 nitrogen and oxygen atoms in total. The van der Waals surface area contributed by atoms with Gasteiger partial charge in [0.1, 0.15) is 0 Å². The molecule has 3 unspecified atom stereocenters. The second kappa shape index (κ2) is 5.96. The van der Waals surface area contributed by atoms with E-state index >= 15 is 0 Å². The first-order chi connectivity index (χ1) is 9.02. The summed E-state index contributed by atoms with van der Waals surface area (Å²) < 4.78 is 0. The van der Waals surface area contributed by atoms with Crippen LogP contribution in [0.25, 0.3) is 0 Å². The third-order valence-electron chi connectivity index (χ3n) is 4.69. The molecule has 2 rings (SSSR count). The Bertz CT molecular complexity index is 398. The summed E-state index contributed by atoms with van der Waals surface area (Å²) in [6.45, 7) is 10.4. The van der Waals surface area contributed by atoms with Gasteiger partial charge in [0.15, 0.2) is 0 Å². The van der Waals surface area contributed by atoms with Crippen LogP contribution in [0.5, 0.6) is 0 Å². The van der Waals surface area contributed by atoms with Crippen molar-refractivity contribution in [3.63, 3.8) is 0 Å². The van der Waals surface area contributed by atoms with Gasteiger partial charge in [0.25, 0.3) is 0 Å². The van der Waals surface area contributed by atoms with Gasteiger partial charge in [-0.25, -0.2) is 0 Å². The summed E-state index contributed by atoms with van der Waals surface area (Å²) in [6.07, 6.45) is 2.34. The first-order valence-electron chi connectivity index (χ1n) is 7.65. The van der Waals surface area contributed by atoms with Crippen molar-refractivity contribution in [1.82, 2.24) is 0 Å². The standard InChI is InChI=1S/C17H28N2/c1-5-17(18)15-6-8-16(9-7-15)19-11-12(2)10-13(3)14(19)4/h6-9,12-14,17H,5,10-11,18H2,1-4H3/t12?,13?,14?,17-/m1/s1. The Morgan fingerprint density at radius 3 is 2.42 bits per heavy atom. The molecule has 4 atom stereocenters. The fraction of sp³-hybridized carbons (Fsp3) is 0.647. The number of benzene rings is 1. The van der Waals surface area contributed by atoms with Crippen molar-refractivity contribution in [2.45, 2.75) is 52.6 Å². The van der Waals surface area contributed by atoms with Crippen molar-refractivity contribution in [2.75, 3.05) is 11.4 Å². The highest BCUT2D eigenvalue weighted by Crippen LogP contribution is 2.31. The summed E-state index contributed by atoms with van der Waals surface area (Å²) in [7, 11) is 0. The molecule has 0 saturated carbocycles. The van der Waals surface area contributed by atoms with Gasteiger partial charge in [-0.15, -0.1) is 0 Å². The van der Waals surface area contributed by atoms with Crippen LogP contribution < -0.4 is 10.6 Å². The highest BCUT2D eigenvalue weighted by molar-refractivity contribution is 5.49. The molecule has 1 aliphatic rings. The van der Waals surface area contributed by atoms with Gasteiger partial charge in [-0.3, -0.25) is 0 Å². The average Bonchev–Trinajstić information content (AvgIpc) is 2.42. The van der Waals surface area contributed by atoms with Gasteiger partial charge in [0, 0.05) is 24.3 Å². The maximum Gasteiger partial charge on any atom is 0.0369 e. The van der Waals surface area contributed by atoms with Gasteiger partial charge in [-0.2, -0.15) is 0 Å². The van der Waals surface area contributed by atoms with Crippen LogP contribution in [0.15, 0.2) is 24.3 Å². The molecule has 2 heteroatoms. The molecule has 106 valence electrons. The van der Waals surface area contributed by atoms with E-state index in [1.165, 1.54) is 24.2 Å². The van der Waals surface area contributed by atoms with Crippen molar-refractivity contribution in [3.8, 4) is 0 Å². The van der Waals surface area contributed by atoms with Crippen LogP contribution in [0.1, 0.15) is 52.1 Å². The Morgan fingerprint density at radius 2 is 1.84 bits per heavy atom. The van der Waals surface area contributed by atoms with Gasteiger partial charge in [0.2, 0.25) is 0 Å². The maximum absolute atomic E-state index is 6.08. The van der Waals surface area contributed by atoms with Gasteiger partial charge in [-0.05, 0) is 49.3 Å². The second-order valence-corrected chi connectivity index (χ2v) is 6.32. The highest BCUT2D eigenvalue weighted by atomic mass is 15.2. The smallest absolute Gasteiger partial charge is 0.0369 e. The molecule has 0 aliphatic carbocycles. The van der Waals surface area contributed by atoms with Crippen LogP contribution in [-0.2, 0) is 0 Å². The quantitative estimate of drug-likeness (QED) is 0.891. The lowest BCUT2D eigenvalue weighted by Crippen LogP contribution is -2.45. The topological polar surface area (TPSA) is 29.3 Å². The van der Waals surface area contributed by atoms with E-state index in [0.29, 0.717) is 6.04 Å². The summed E-state index contributed by atoms with van der Waals surface area (Å²) in [5.41, 5.74) is 8.67. The monoisotopic (exact) mass is 260 g/mol. The minimum atomic E-state index is 0.172. The summed E-state index contributed by atoms with van der Waals surface area (Å²) >= 11 is 0. The Hall–Kier alpha value is -1.02. The molecule has 1 saturated heterocycles. The predicted molar refractivity (Wildman–Crippen MR) is 83.4 cm³/mol. The Balaban J connectivity index is 2.16. The van der Waals surface area contributed by atoms with E-state index in [1.54, 1.807) is 0 Å². The molecule has 2 N–H and O–H groups in total. The average molecular weight is 260 g/mol. The van der Waals surface area contributed by atoms with Gasteiger partial charge < -0.3 is 10.6 Å². The molecule has 0 spiro atoms. The molecule has 1 aromatic carbocycles. The molecule has 1 aromatic rings. The molecular weight excluding hydrogens is 232 g/mol.